The highest BCUT2D eigenvalue weighted by molar-refractivity contribution is 5.84. The molecule has 0 saturated carbocycles. The normalized spacial score (nSPS) is 14.6. The van der Waals surface area contributed by atoms with Crippen molar-refractivity contribution < 1.29 is 9.84 Å². The van der Waals surface area contributed by atoms with Gasteiger partial charge in [-0.05, 0) is 18.7 Å². The minimum atomic E-state index is -0.631. The van der Waals surface area contributed by atoms with Crippen molar-refractivity contribution >= 4 is 10.8 Å². The van der Waals surface area contributed by atoms with Gasteiger partial charge in [0.2, 0.25) is 0 Å². The van der Waals surface area contributed by atoms with Gasteiger partial charge in [0.25, 0.3) is 0 Å². The van der Waals surface area contributed by atoms with E-state index in [-0.39, 0.29) is 6.10 Å². The smallest absolute Gasteiger partial charge is 0.107 e. The Labute approximate surface area is 107 Å². The Morgan fingerprint density at radius 1 is 1.22 bits per heavy atom. The van der Waals surface area contributed by atoms with Crippen molar-refractivity contribution in [2.24, 2.45) is 0 Å². The van der Waals surface area contributed by atoms with Crippen molar-refractivity contribution in [3.63, 3.8) is 0 Å². The molecule has 1 N–H and O–H groups in total. The average molecular weight is 245 g/mol. The first-order valence-electron chi connectivity index (χ1n) is 6.40. The summed E-state index contributed by atoms with van der Waals surface area (Å²) in [5.41, 5.74) is 0.841. The third-order valence-corrected chi connectivity index (χ3v) is 3.15. The Morgan fingerprint density at radius 3 is 2.72 bits per heavy atom. The van der Waals surface area contributed by atoms with Gasteiger partial charge in [0.05, 0.1) is 6.10 Å². The lowest BCUT2D eigenvalue weighted by atomic mass is 9.99. The van der Waals surface area contributed by atoms with Gasteiger partial charge in [0.1, 0.15) is 6.10 Å². The molecule has 0 radical (unpaired) electrons. The summed E-state index contributed by atoms with van der Waals surface area (Å²) in [6, 6.07) is 7.95. The van der Waals surface area contributed by atoms with E-state index in [0.29, 0.717) is 6.61 Å². The second-order valence-corrected chi connectivity index (χ2v) is 4.30. The molecule has 18 heavy (non-hydrogen) atoms. The van der Waals surface area contributed by atoms with Crippen LogP contribution in [0.4, 0.5) is 0 Å². The van der Waals surface area contributed by atoms with Gasteiger partial charge >= 0.3 is 0 Å². The first-order chi connectivity index (χ1) is 8.77. The zero-order valence-corrected chi connectivity index (χ0v) is 10.8. The quantitative estimate of drug-likeness (QED) is 0.880. The van der Waals surface area contributed by atoms with Gasteiger partial charge in [0.15, 0.2) is 0 Å². The highest BCUT2D eigenvalue weighted by Crippen LogP contribution is 2.27. The van der Waals surface area contributed by atoms with Crippen molar-refractivity contribution in [2.75, 3.05) is 6.61 Å². The van der Waals surface area contributed by atoms with E-state index in [1.807, 2.05) is 44.3 Å². The lowest BCUT2D eigenvalue weighted by Crippen LogP contribution is -2.21. The fourth-order valence-corrected chi connectivity index (χ4v) is 2.22. The van der Waals surface area contributed by atoms with Crippen LogP contribution in [0.25, 0.3) is 10.8 Å². The van der Waals surface area contributed by atoms with Crippen LogP contribution in [-0.4, -0.2) is 22.8 Å². The van der Waals surface area contributed by atoms with E-state index in [0.717, 1.165) is 22.8 Å². The molecule has 0 aliphatic heterocycles. The van der Waals surface area contributed by atoms with Crippen LogP contribution in [0.5, 0.6) is 0 Å². The molecular formula is C15H19NO2. The number of ether oxygens (including phenoxy) is 1. The molecule has 1 heterocycles. The summed E-state index contributed by atoms with van der Waals surface area (Å²) in [4.78, 5) is 4.20. The second-order valence-electron chi connectivity index (χ2n) is 4.30. The van der Waals surface area contributed by atoms with Gasteiger partial charge in [-0.1, -0.05) is 31.2 Å². The molecule has 1 aromatic carbocycles. The zero-order valence-electron chi connectivity index (χ0n) is 10.8. The maximum absolute atomic E-state index is 10.4. The Kier molecular flexibility index (Phi) is 4.28. The number of pyridine rings is 1. The first-order valence-corrected chi connectivity index (χ1v) is 6.40. The van der Waals surface area contributed by atoms with Gasteiger partial charge in [-0.3, -0.25) is 4.98 Å². The maximum atomic E-state index is 10.4. The van der Waals surface area contributed by atoms with Crippen LogP contribution in [0, 0.1) is 0 Å². The standard InChI is InChI=1S/C15H19NO2/c1-3-14(18-4-2)15(17)13-10-16-9-11-7-5-6-8-12(11)13/h5-10,14-15,17H,3-4H2,1-2H3. The van der Waals surface area contributed by atoms with Crippen LogP contribution in [-0.2, 0) is 4.74 Å². The van der Waals surface area contributed by atoms with Crippen LogP contribution >= 0.6 is 0 Å². The molecule has 2 rings (SSSR count). The minimum Gasteiger partial charge on any atom is -0.386 e. The zero-order chi connectivity index (χ0) is 13.0. The van der Waals surface area contributed by atoms with Crippen molar-refractivity contribution in [2.45, 2.75) is 32.5 Å². The Balaban J connectivity index is 2.40. The van der Waals surface area contributed by atoms with Crippen LogP contribution in [0.2, 0.25) is 0 Å². The lowest BCUT2D eigenvalue weighted by molar-refractivity contribution is -0.0350. The predicted octanol–water partition coefficient (Wildman–Crippen LogP) is 3.08. The number of rotatable bonds is 5. The van der Waals surface area contributed by atoms with Gasteiger partial charge in [-0.2, -0.15) is 0 Å². The maximum Gasteiger partial charge on any atom is 0.107 e. The van der Waals surface area contributed by atoms with Crippen molar-refractivity contribution in [3.8, 4) is 0 Å². The van der Waals surface area contributed by atoms with Gasteiger partial charge in [-0.25, -0.2) is 0 Å². The fourth-order valence-electron chi connectivity index (χ4n) is 2.22. The van der Waals surface area contributed by atoms with Crippen molar-refractivity contribution in [1.29, 1.82) is 0 Å². The largest absolute Gasteiger partial charge is 0.386 e. The third-order valence-electron chi connectivity index (χ3n) is 3.15. The molecule has 2 unspecified atom stereocenters. The molecule has 96 valence electrons. The Hall–Kier alpha value is -1.45. The fraction of sp³-hybridized carbons (Fsp3) is 0.400. The highest BCUT2D eigenvalue weighted by atomic mass is 16.5. The van der Waals surface area contributed by atoms with Gasteiger partial charge in [-0.15, -0.1) is 0 Å². The van der Waals surface area contributed by atoms with Gasteiger partial charge < -0.3 is 9.84 Å². The Morgan fingerprint density at radius 2 is 2.00 bits per heavy atom. The number of aromatic nitrogens is 1. The molecule has 0 amide bonds. The molecule has 1 aromatic heterocycles. The van der Waals surface area contributed by atoms with Crippen LogP contribution in [0.15, 0.2) is 36.7 Å². The molecule has 0 saturated heterocycles. The third kappa shape index (κ3) is 2.52. The summed E-state index contributed by atoms with van der Waals surface area (Å²) < 4.78 is 5.58. The van der Waals surface area contributed by atoms with Crippen LogP contribution in [0.3, 0.4) is 0 Å². The Bertz CT molecular complexity index is 507. The van der Waals surface area contributed by atoms with E-state index >= 15 is 0 Å². The van der Waals surface area contributed by atoms with Gasteiger partial charge in [0, 0.05) is 30.0 Å². The number of aliphatic hydroxyl groups is 1. The molecular weight excluding hydrogens is 226 g/mol. The van der Waals surface area contributed by atoms with Crippen molar-refractivity contribution in [3.05, 3.63) is 42.2 Å². The van der Waals surface area contributed by atoms with Crippen LogP contribution in [0.1, 0.15) is 31.9 Å². The summed E-state index contributed by atoms with van der Waals surface area (Å²) in [6.07, 6.45) is 3.51. The number of benzene rings is 1. The lowest BCUT2D eigenvalue weighted by Gasteiger charge is -2.22. The summed E-state index contributed by atoms with van der Waals surface area (Å²) in [5.74, 6) is 0. The molecule has 2 aromatic rings. The highest BCUT2D eigenvalue weighted by Gasteiger charge is 2.21. The van der Waals surface area contributed by atoms with E-state index in [1.165, 1.54) is 0 Å². The van der Waals surface area contributed by atoms with E-state index in [2.05, 4.69) is 4.98 Å². The summed E-state index contributed by atoms with van der Waals surface area (Å²) in [6.45, 7) is 4.56. The number of fused-ring (bicyclic) bond motifs is 1. The summed E-state index contributed by atoms with van der Waals surface area (Å²) in [5, 5.41) is 12.5. The number of hydrogen-bond donors (Lipinski definition) is 1. The molecule has 2 atom stereocenters. The molecule has 3 heteroatoms. The summed E-state index contributed by atoms with van der Waals surface area (Å²) >= 11 is 0. The number of hydrogen-bond acceptors (Lipinski definition) is 3. The second kappa shape index (κ2) is 5.94. The van der Waals surface area contributed by atoms with Crippen molar-refractivity contribution in [1.82, 2.24) is 4.98 Å². The molecule has 0 bridgehead atoms. The minimum absolute atomic E-state index is 0.178. The van der Waals surface area contributed by atoms with Crippen LogP contribution < -0.4 is 0 Å². The molecule has 0 aliphatic rings. The average Bonchev–Trinajstić information content (AvgIpc) is 2.43. The first kappa shape index (κ1) is 13.0. The van der Waals surface area contributed by atoms with E-state index in [1.54, 1.807) is 6.20 Å². The van der Waals surface area contributed by atoms with E-state index in [4.69, 9.17) is 4.74 Å². The molecule has 0 fully saturated rings. The molecule has 3 nitrogen and oxygen atoms in total. The number of nitrogens with zero attached hydrogens (tertiary/aromatic N) is 1. The molecule has 0 aliphatic carbocycles. The topological polar surface area (TPSA) is 42.4 Å². The predicted molar refractivity (Wildman–Crippen MR) is 72.4 cm³/mol. The summed E-state index contributed by atoms with van der Waals surface area (Å²) in [7, 11) is 0. The SMILES string of the molecule is CCOC(CC)C(O)c1cncc2ccccc12. The van der Waals surface area contributed by atoms with E-state index in [9.17, 15) is 5.11 Å². The van der Waals surface area contributed by atoms with E-state index < -0.39 is 6.10 Å². The molecule has 0 spiro atoms. The monoisotopic (exact) mass is 245 g/mol. The number of aliphatic hydroxyl groups excluding tert-OH is 1.